The zero-order chi connectivity index (χ0) is 18.7. The lowest BCUT2D eigenvalue weighted by molar-refractivity contribution is -0.139. The molecule has 0 aliphatic rings. The average molecular weight is 345 g/mol. The number of carbonyl (C=O) groups is 1. The van der Waals surface area contributed by atoms with Crippen LogP contribution in [0.3, 0.4) is 0 Å². The highest BCUT2D eigenvalue weighted by Gasteiger charge is 2.15. The van der Waals surface area contributed by atoms with Crippen LogP contribution in [-0.4, -0.2) is 26.8 Å². The summed E-state index contributed by atoms with van der Waals surface area (Å²) in [5.41, 5.74) is 0.640. The lowest BCUT2D eigenvalue weighted by Gasteiger charge is -2.14. The average Bonchev–Trinajstić information content (AvgIpc) is 2.65. The van der Waals surface area contributed by atoms with Gasteiger partial charge in [0.15, 0.2) is 11.5 Å². The maximum absolute atomic E-state index is 12.2. The molecule has 0 unspecified atom stereocenters. The molecule has 0 spiro atoms. The summed E-state index contributed by atoms with van der Waals surface area (Å²) < 4.78 is 15.7. The van der Waals surface area contributed by atoms with Gasteiger partial charge in [-0.1, -0.05) is 39.2 Å². The first-order valence-corrected chi connectivity index (χ1v) is 8.60. The van der Waals surface area contributed by atoms with Crippen molar-refractivity contribution in [1.29, 1.82) is 5.26 Å². The van der Waals surface area contributed by atoms with Crippen LogP contribution < -0.4 is 9.47 Å². The van der Waals surface area contributed by atoms with Crippen LogP contribution in [0.1, 0.15) is 45.1 Å². The first-order chi connectivity index (χ1) is 12.1. The molecule has 0 aliphatic heterocycles. The fraction of sp³-hybridized carbons (Fsp3) is 0.500. The molecule has 0 bridgehead atoms. The largest absolute Gasteiger partial charge is 0.493 e. The van der Waals surface area contributed by atoms with E-state index in [1.807, 2.05) is 6.07 Å². The van der Waals surface area contributed by atoms with Gasteiger partial charge in [-0.15, -0.1) is 0 Å². The minimum atomic E-state index is -0.591. The quantitative estimate of drug-likeness (QED) is 0.358. The van der Waals surface area contributed by atoms with Crippen LogP contribution in [0.5, 0.6) is 11.5 Å². The SMILES string of the molecule is CCCC[C@H](CC)COC(=O)/C(C#N)=C/c1ccc(OC)c(OC)c1. The molecular formula is C20H27NO4. The first-order valence-electron chi connectivity index (χ1n) is 8.60. The summed E-state index contributed by atoms with van der Waals surface area (Å²) in [6.45, 7) is 4.57. The summed E-state index contributed by atoms with van der Waals surface area (Å²) in [5, 5.41) is 9.27. The Morgan fingerprint density at radius 3 is 2.52 bits per heavy atom. The second-order valence-corrected chi connectivity index (χ2v) is 5.80. The molecule has 0 N–H and O–H groups in total. The van der Waals surface area contributed by atoms with Crippen molar-refractivity contribution in [3.05, 3.63) is 29.3 Å². The van der Waals surface area contributed by atoms with Gasteiger partial charge in [-0.05, 0) is 36.1 Å². The molecule has 1 atom stereocenters. The highest BCUT2D eigenvalue weighted by Crippen LogP contribution is 2.28. The number of methoxy groups -OCH3 is 2. The molecule has 5 nitrogen and oxygen atoms in total. The molecule has 0 heterocycles. The van der Waals surface area contributed by atoms with Crippen molar-refractivity contribution in [1.82, 2.24) is 0 Å². The standard InChI is InChI=1S/C20H27NO4/c1-5-7-8-15(6-2)14-25-20(22)17(13-21)11-16-9-10-18(23-3)19(12-16)24-4/h9-12,15H,5-8,14H2,1-4H3/b17-11+/t15-/m0/s1. The molecule has 1 rings (SSSR count). The highest BCUT2D eigenvalue weighted by atomic mass is 16.5. The van der Waals surface area contributed by atoms with Gasteiger partial charge in [0.1, 0.15) is 11.6 Å². The Bertz CT molecular complexity index is 631. The lowest BCUT2D eigenvalue weighted by Crippen LogP contribution is -2.15. The van der Waals surface area contributed by atoms with Crippen LogP contribution in [-0.2, 0) is 9.53 Å². The topological polar surface area (TPSA) is 68.6 Å². The molecule has 0 saturated heterocycles. The van der Waals surface area contributed by atoms with E-state index in [1.54, 1.807) is 25.3 Å². The Morgan fingerprint density at radius 1 is 1.24 bits per heavy atom. The Balaban J connectivity index is 2.81. The fourth-order valence-electron chi connectivity index (χ4n) is 2.42. The van der Waals surface area contributed by atoms with E-state index in [2.05, 4.69) is 13.8 Å². The summed E-state index contributed by atoms with van der Waals surface area (Å²) in [6.07, 6.45) is 5.71. The van der Waals surface area contributed by atoms with Gasteiger partial charge in [-0.25, -0.2) is 4.79 Å². The van der Waals surface area contributed by atoms with Gasteiger partial charge in [0.05, 0.1) is 20.8 Å². The van der Waals surface area contributed by atoms with Gasteiger partial charge < -0.3 is 14.2 Å². The number of nitriles is 1. The molecule has 0 aromatic heterocycles. The Kier molecular flexibility index (Phi) is 9.16. The number of ether oxygens (including phenoxy) is 3. The highest BCUT2D eigenvalue weighted by molar-refractivity contribution is 5.97. The van der Waals surface area contributed by atoms with Crippen LogP contribution in [0, 0.1) is 17.2 Å². The number of benzene rings is 1. The zero-order valence-electron chi connectivity index (χ0n) is 15.5. The third kappa shape index (κ3) is 6.50. The van der Waals surface area contributed by atoms with Crippen molar-refractivity contribution in [2.75, 3.05) is 20.8 Å². The second-order valence-electron chi connectivity index (χ2n) is 5.80. The molecule has 136 valence electrons. The van der Waals surface area contributed by atoms with E-state index >= 15 is 0 Å². The first kappa shape index (κ1) is 20.6. The molecule has 0 amide bonds. The molecule has 0 saturated carbocycles. The number of carbonyl (C=O) groups excluding carboxylic acids is 1. The van der Waals surface area contributed by atoms with E-state index in [9.17, 15) is 10.1 Å². The van der Waals surface area contributed by atoms with Crippen molar-refractivity contribution in [2.24, 2.45) is 5.92 Å². The van der Waals surface area contributed by atoms with E-state index in [-0.39, 0.29) is 5.57 Å². The number of unbranched alkanes of at least 4 members (excludes halogenated alkanes) is 1. The van der Waals surface area contributed by atoms with Crippen molar-refractivity contribution in [3.63, 3.8) is 0 Å². The Morgan fingerprint density at radius 2 is 1.96 bits per heavy atom. The number of hydrogen-bond acceptors (Lipinski definition) is 5. The van der Waals surface area contributed by atoms with E-state index in [0.29, 0.717) is 29.6 Å². The minimum absolute atomic E-state index is 0.0300. The zero-order valence-corrected chi connectivity index (χ0v) is 15.5. The predicted octanol–water partition coefficient (Wildman–Crippen LogP) is 4.37. The summed E-state index contributed by atoms with van der Waals surface area (Å²) in [6, 6.07) is 7.10. The molecular weight excluding hydrogens is 318 g/mol. The maximum Gasteiger partial charge on any atom is 0.348 e. The van der Waals surface area contributed by atoms with Crippen molar-refractivity contribution >= 4 is 12.0 Å². The second kappa shape index (κ2) is 11.1. The Hall–Kier alpha value is -2.48. The van der Waals surface area contributed by atoms with Gasteiger partial charge in [-0.2, -0.15) is 5.26 Å². The fourth-order valence-corrected chi connectivity index (χ4v) is 2.42. The molecule has 1 aromatic carbocycles. The number of rotatable bonds is 10. The molecule has 5 heteroatoms. The van der Waals surface area contributed by atoms with Crippen molar-refractivity contribution < 1.29 is 19.0 Å². The molecule has 25 heavy (non-hydrogen) atoms. The van der Waals surface area contributed by atoms with Crippen LogP contribution in [0.15, 0.2) is 23.8 Å². The summed E-state index contributed by atoms with van der Waals surface area (Å²) in [7, 11) is 3.08. The van der Waals surface area contributed by atoms with E-state index < -0.39 is 5.97 Å². The predicted molar refractivity (Wildman–Crippen MR) is 97.4 cm³/mol. The minimum Gasteiger partial charge on any atom is -0.493 e. The Labute approximate surface area is 150 Å². The van der Waals surface area contributed by atoms with E-state index in [1.165, 1.54) is 13.2 Å². The van der Waals surface area contributed by atoms with Crippen LogP contribution in [0.25, 0.3) is 6.08 Å². The number of nitrogens with zero attached hydrogens (tertiary/aromatic N) is 1. The molecule has 0 fully saturated rings. The van der Waals surface area contributed by atoms with E-state index in [4.69, 9.17) is 14.2 Å². The third-order valence-electron chi connectivity index (χ3n) is 4.05. The summed E-state index contributed by atoms with van der Waals surface area (Å²) in [5.74, 6) is 0.868. The van der Waals surface area contributed by atoms with Gasteiger partial charge >= 0.3 is 5.97 Å². The van der Waals surface area contributed by atoms with E-state index in [0.717, 1.165) is 25.7 Å². The van der Waals surface area contributed by atoms with Crippen LogP contribution >= 0.6 is 0 Å². The number of hydrogen-bond donors (Lipinski definition) is 0. The van der Waals surface area contributed by atoms with Crippen molar-refractivity contribution in [2.45, 2.75) is 39.5 Å². The van der Waals surface area contributed by atoms with Crippen LogP contribution in [0.2, 0.25) is 0 Å². The van der Waals surface area contributed by atoms with Gasteiger partial charge in [0, 0.05) is 0 Å². The van der Waals surface area contributed by atoms with Crippen molar-refractivity contribution in [3.8, 4) is 17.6 Å². The van der Waals surface area contributed by atoms with Gasteiger partial charge in [-0.3, -0.25) is 0 Å². The third-order valence-corrected chi connectivity index (χ3v) is 4.05. The molecule has 1 aromatic rings. The maximum atomic E-state index is 12.2. The smallest absolute Gasteiger partial charge is 0.348 e. The lowest BCUT2D eigenvalue weighted by atomic mass is 10.0. The normalized spacial score (nSPS) is 12.2. The van der Waals surface area contributed by atoms with Gasteiger partial charge in [0.25, 0.3) is 0 Å². The van der Waals surface area contributed by atoms with Gasteiger partial charge in [0.2, 0.25) is 0 Å². The summed E-state index contributed by atoms with van der Waals surface area (Å²) >= 11 is 0. The van der Waals surface area contributed by atoms with Crippen LogP contribution in [0.4, 0.5) is 0 Å². The molecule has 0 aliphatic carbocycles. The number of esters is 1. The summed E-state index contributed by atoms with van der Waals surface area (Å²) in [4.78, 5) is 12.2. The monoisotopic (exact) mass is 345 g/mol. The molecule has 0 radical (unpaired) electrons.